The van der Waals surface area contributed by atoms with Gasteiger partial charge in [-0.2, -0.15) is 0 Å². The van der Waals surface area contributed by atoms with Crippen molar-refractivity contribution in [1.82, 2.24) is 0 Å². The Morgan fingerprint density at radius 1 is 1.25 bits per heavy atom. The van der Waals surface area contributed by atoms with E-state index < -0.39 is 8.32 Å². The molecule has 1 fully saturated rings. The maximum atomic E-state index is 6.07. The van der Waals surface area contributed by atoms with Gasteiger partial charge in [0.25, 0.3) is 0 Å². The molecule has 1 saturated heterocycles. The molecule has 1 unspecified atom stereocenters. The van der Waals surface area contributed by atoms with Gasteiger partial charge in [0, 0.05) is 6.42 Å². The molecular formula is C13H20O2Si. The van der Waals surface area contributed by atoms with E-state index in [1.54, 1.807) is 0 Å². The zero-order chi connectivity index (χ0) is 11.6. The van der Waals surface area contributed by atoms with Gasteiger partial charge in [0.1, 0.15) is 6.61 Å². The molecule has 0 N–H and O–H groups in total. The molecule has 2 nitrogen and oxygen atoms in total. The van der Waals surface area contributed by atoms with Crippen molar-refractivity contribution in [2.45, 2.75) is 38.3 Å². The number of rotatable bonds is 5. The van der Waals surface area contributed by atoms with Crippen LogP contribution < -0.4 is 0 Å². The molecule has 1 atom stereocenters. The summed E-state index contributed by atoms with van der Waals surface area (Å²) in [5.41, 5.74) is 1.36. The van der Waals surface area contributed by atoms with Gasteiger partial charge in [0.05, 0.1) is 0 Å². The zero-order valence-corrected chi connectivity index (χ0v) is 11.3. The van der Waals surface area contributed by atoms with Crippen LogP contribution in [-0.2, 0) is 15.6 Å². The van der Waals surface area contributed by atoms with Crippen molar-refractivity contribution in [3.63, 3.8) is 0 Å². The van der Waals surface area contributed by atoms with E-state index in [0.29, 0.717) is 0 Å². The predicted molar refractivity (Wildman–Crippen MR) is 67.9 cm³/mol. The van der Waals surface area contributed by atoms with Crippen molar-refractivity contribution in [1.29, 1.82) is 0 Å². The third-order valence-electron chi connectivity index (χ3n) is 2.60. The molecule has 0 spiro atoms. The number of benzene rings is 1. The summed E-state index contributed by atoms with van der Waals surface area (Å²) in [4.78, 5) is 0. The average molecular weight is 236 g/mol. The summed E-state index contributed by atoms with van der Waals surface area (Å²) in [6.07, 6.45) is 2.01. The van der Waals surface area contributed by atoms with E-state index in [4.69, 9.17) is 9.16 Å². The number of hydrogen-bond donors (Lipinski definition) is 0. The molecule has 1 aromatic carbocycles. The first-order valence-corrected chi connectivity index (χ1v) is 9.28. The van der Waals surface area contributed by atoms with Crippen LogP contribution in [-0.4, -0.2) is 20.7 Å². The van der Waals surface area contributed by atoms with Gasteiger partial charge >= 0.3 is 0 Å². The molecule has 0 saturated carbocycles. The first kappa shape index (κ1) is 11.8. The monoisotopic (exact) mass is 236 g/mol. The topological polar surface area (TPSA) is 21.8 Å². The van der Waals surface area contributed by atoms with Crippen molar-refractivity contribution in [2.75, 3.05) is 6.61 Å². The lowest BCUT2D eigenvalue weighted by Gasteiger charge is -2.23. The maximum absolute atomic E-state index is 6.07. The quantitative estimate of drug-likeness (QED) is 0.578. The molecule has 16 heavy (non-hydrogen) atoms. The Balaban J connectivity index is 1.86. The van der Waals surface area contributed by atoms with Gasteiger partial charge < -0.3 is 9.16 Å². The lowest BCUT2D eigenvalue weighted by molar-refractivity contribution is 0.0470. The Morgan fingerprint density at radius 3 is 2.38 bits per heavy atom. The molecule has 0 aliphatic carbocycles. The largest absolute Gasteiger partial charge is 0.389 e. The van der Waals surface area contributed by atoms with E-state index >= 15 is 0 Å². The summed E-state index contributed by atoms with van der Waals surface area (Å²) >= 11 is 0. The fraction of sp³-hybridized carbons (Fsp3) is 0.538. The van der Waals surface area contributed by atoms with E-state index in [1.165, 1.54) is 5.56 Å². The standard InChI is InChI=1S/C13H20O2Si/c1-16(2,3)15-13(11-14-13)10-9-12-7-5-4-6-8-12/h4-8H,9-11H2,1-3H3. The summed E-state index contributed by atoms with van der Waals surface area (Å²) in [6.45, 7) is 7.39. The number of ether oxygens (including phenoxy) is 1. The first-order chi connectivity index (χ1) is 7.49. The third kappa shape index (κ3) is 3.44. The Bertz CT molecular complexity index is 339. The smallest absolute Gasteiger partial charge is 0.187 e. The molecule has 3 heteroatoms. The molecule has 1 aromatic rings. The van der Waals surface area contributed by atoms with Gasteiger partial charge in [0.15, 0.2) is 14.1 Å². The Hall–Kier alpha value is -0.643. The van der Waals surface area contributed by atoms with E-state index in [2.05, 4.69) is 43.9 Å². The molecule has 2 rings (SSSR count). The second-order valence-corrected chi connectivity index (χ2v) is 9.83. The normalized spacial score (nSPS) is 24.4. The third-order valence-corrected chi connectivity index (χ3v) is 3.58. The number of aryl methyl sites for hydroxylation is 1. The van der Waals surface area contributed by atoms with Gasteiger partial charge in [-0.3, -0.25) is 0 Å². The van der Waals surface area contributed by atoms with Crippen LogP contribution in [0.3, 0.4) is 0 Å². The number of hydrogen-bond acceptors (Lipinski definition) is 2. The molecule has 1 aliphatic rings. The van der Waals surface area contributed by atoms with Gasteiger partial charge in [0.2, 0.25) is 0 Å². The van der Waals surface area contributed by atoms with Gasteiger partial charge in [-0.1, -0.05) is 30.3 Å². The van der Waals surface area contributed by atoms with Crippen LogP contribution in [0, 0.1) is 0 Å². The molecule has 1 aliphatic heterocycles. The van der Waals surface area contributed by atoms with Crippen molar-refractivity contribution < 1.29 is 9.16 Å². The molecule has 0 bridgehead atoms. The van der Waals surface area contributed by atoms with Crippen LogP contribution in [0.5, 0.6) is 0 Å². The minimum absolute atomic E-state index is 0.250. The van der Waals surface area contributed by atoms with Crippen LogP contribution in [0.25, 0.3) is 0 Å². The van der Waals surface area contributed by atoms with E-state index in [0.717, 1.165) is 19.4 Å². The van der Waals surface area contributed by atoms with Gasteiger partial charge in [-0.15, -0.1) is 0 Å². The predicted octanol–water partition coefficient (Wildman–Crippen LogP) is 3.20. The summed E-state index contributed by atoms with van der Waals surface area (Å²) in [7, 11) is -1.49. The van der Waals surface area contributed by atoms with Gasteiger partial charge in [-0.05, 0) is 31.6 Å². The summed E-state index contributed by atoms with van der Waals surface area (Å²) in [6, 6.07) is 10.5. The lowest BCUT2D eigenvalue weighted by Crippen LogP contribution is -2.34. The fourth-order valence-corrected chi connectivity index (χ4v) is 3.21. The molecule has 0 amide bonds. The minimum Gasteiger partial charge on any atom is -0.389 e. The fourth-order valence-electron chi connectivity index (χ4n) is 1.87. The second-order valence-electron chi connectivity index (χ2n) is 5.40. The van der Waals surface area contributed by atoms with E-state index in [1.807, 2.05) is 6.07 Å². The summed E-state index contributed by atoms with van der Waals surface area (Å²) in [5.74, 6) is -0.250. The van der Waals surface area contributed by atoms with E-state index in [9.17, 15) is 0 Å². The second kappa shape index (κ2) is 4.32. The van der Waals surface area contributed by atoms with E-state index in [-0.39, 0.29) is 5.79 Å². The highest BCUT2D eigenvalue weighted by Gasteiger charge is 2.48. The van der Waals surface area contributed by atoms with Crippen LogP contribution in [0.15, 0.2) is 30.3 Å². The molecular weight excluding hydrogens is 216 g/mol. The molecule has 0 aromatic heterocycles. The van der Waals surface area contributed by atoms with Crippen LogP contribution in [0.4, 0.5) is 0 Å². The van der Waals surface area contributed by atoms with Gasteiger partial charge in [-0.25, -0.2) is 0 Å². The van der Waals surface area contributed by atoms with Crippen molar-refractivity contribution >= 4 is 8.32 Å². The average Bonchev–Trinajstić information content (AvgIpc) is 2.95. The summed E-state index contributed by atoms with van der Waals surface area (Å²) in [5, 5.41) is 0. The SMILES string of the molecule is C[Si](C)(C)OC1(CCc2ccccc2)CO1. The molecule has 1 heterocycles. The molecule has 0 radical (unpaired) electrons. The zero-order valence-electron chi connectivity index (χ0n) is 10.3. The first-order valence-electron chi connectivity index (χ1n) is 5.87. The van der Waals surface area contributed by atoms with Crippen molar-refractivity contribution in [3.8, 4) is 0 Å². The Labute approximate surface area is 98.7 Å². The number of epoxide rings is 1. The van der Waals surface area contributed by atoms with Crippen LogP contribution in [0.2, 0.25) is 19.6 Å². The van der Waals surface area contributed by atoms with Crippen molar-refractivity contribution in [2.24, 2.45) is 0 Å². The maximum Gasteiger partial charge on any atom is 0.187 e. The van der Waals surface area contributed by atoms with Crippen LogP contribution in [0.1, 0.15) is 12.0 Å². The lowest BCUT2D eigenvalue weighted by atomic mass is 10.1. The van der Waals surface area contributed by atoms with Crippen LogP contribution >= 0.6 is 0 Å². The minimum atomic E-state index is -1.49. The van der Waals surface area contributed by atoms with Crippen molar-refractivity contribution in [3.05, 3.63) is 35.9 Å². The Kier molecular flexibility index (Phi) is 3.19. The Morgan fingerprint density at radius 2 is 1.88 bits per heavy atom. The highest BCUT2D eigenvalue weighted by Crippen LogP contribution is 2.36. The highest BCUT2D eigenvalue weighted by molar-refractivity contribution is 6.69. The highest BCUT2D eigenvalue weighted by atomic mass is 28.4. The summed E-state index contributed by atoms with van der Waals surface area (Å²) < 4.78 is 11.6. The molecule has 88 valence electrons.